The molecule has 0 spiro atoms. The van der Waals surface area contributed by atoms with Gasteiger partial charge in [0, 0.05) is 6.42 Å². The summed E-state index contributed by atoms with van der Waals surface area (Å²) in [7, 11) is 0. The minimum atomic E-state index is -2.95. The Kier molecular flexibility index (Phi) is 4.45. The molecule has 106 valence electrons. The van der Waals surface area contributed by atoms with E-state index in [1.807, 2.05) is 30.3 Å². The number of hydrogen-bond donors (Lipinski definition) is 1. The van der Waals surface area contributed by atoms with E-state index in [2.05, 4.69) is 4.98 Å². The molecule has 1 N–H and O–H groups in total. The van der Waals surface area contributed by atoms with Gasteiger partial charge in [-0.15, -0.1) is 0 Å². The number of aryl methyl sites for hydroxylation is 2. The average Bonchev–Trinajstić information content (AvgIpc) is 2.85. The van der Waals surface area contributed by atoms with Gasteiger partial charge < -0.3 is 9.52 Å². The van der Waals surface area contributed by atoms with E-state index in [9.17, 15) is 13.6 Å². The predicted octanol–water partition coefficient (Wildman–Crippen LogP) is 3.49. The molecule has 1 aromatic heterocycles. The van der Waals surface area contributed by atoms with Crippen LogP contribution in [-0.4, -0.2) is 16.1 Å². The zero-order chi connectivity index (χ0) is 14.5. The van der Waals surface area contributed by atoms with Crippen LogP contribution in [0.25, 0.3) is 0 Å². The zero-order valence-corrected chi connectivity index (χ0v) is 10.6. The van der Waals surface area contributed by atoms with Crippen molar-refractivity contribution >= 4 is 5.97 Å². The Morgan fingerprint density at radius 2 is 1.95 bits per heavy atom. The van der Waals surface area contributed by atoms with Gasteiger partial charge in [-0.05, 0) is 18.4 Å². The van der Waals surface area contributed by atoms with Crippen LogP contribution >= 0.6 is 0 Å². The molecule has 0 bridgehead atoms. The van der Waals surface area contributed by atoms with Crippen molar-refractivity contribution in [2.24, 2.45) is 0 Å². The van der Waals surface area contributed by atoms with Crippen LogP contribution in [0.1, 0.15) is 40.5 Å². The fourth-order valence-corrected chi connectivity index (χ4v) is 1.87. The maximum Gasteiger partial charge on any atom is 0.374 e. The second-order valence-corrected chi connectivity index (χ2v) is 4.27. The summed E-state index contributed by atoms with van der Waals surface area (Å²) in [5.74, 6) is -2.26. The van der Waals surface area contributed by atoms with Gasteiger partial charge in [-0.2, -0.15) is 0 Å². The van der Waals surface area contributed by atoms with Crippen LogP contribution in [0.3, 0.4) is 0 Å². The van der Waals surface area contributed by atoms with Gasteiger partial charge in [-0.3, -0.25) is 0 Å². The number of hydrogen-bond acceptors (Lipinski definition) is 3. The Balaban J connectivity index is 2.00. The number of carbonyl (C=O) groups is 1. The molecule has 0 aliphatic heterocycles. The summed E-state index contributed by atoms with van der Waals surface area (Å²) >= 11 is 0. The first kappa shape index (κ1) is 14.2. The molecule has 4 nitrogen and oxygen atoms in total. The molecular formula is C14H13F2NO3. The SMILES string of the molecule is O=C(O)c1oc(CCCc2ccccc2)nc1C(F)F. The first-order valence-corrected chi connectivity index (χ1v) is 6.13. The fraction of sp³-hybridized carbons (Fsp3) is 0.286. The Morgan fingerprint density at radius 1 is 1.25 bits per heavy atom. The van der Waals surface area contributed by atoms with E-state index >= 15 is 0 Å². The summed E-state index contributed by atoms with van der Waals surface area (Å²) in [5, 5.41) is 8.76. The van der Waals surface area contributed by atoms with Crippen LogP contribution in [0, 0.1) is 0 Å². The number of nitrogens with zero attached hydrogens (tertiary/aromatic N) is 1. The second-order valence-electron chi connectivity index (χ2n) is 4.27. The molecule has 1 aromatic carbocycles. The lowest BCUT2D eigenvalue weighted by Crippen LogP contribution is -1.99. The number of rotatable bonds is 6. The van der Waals surface area contributed by atoms with Crippen molar-refractivity contribution in [3.63, 3.8) is 0 Å². The maximum absolute atomic E-state index is 12.6. The highest BCUT2D eigenvalue weighted by Gasteiger charge is 2.25. The van der Waals surface area contributed by atoms with Gasteiger partial charge in [0.05, 0.1) is 0 Å². The molecule has 1 heterocycles. The van der Waals surface area contributed by atoms with Crippen molar-refractivity contribution in [3.05, 3.63) is 53.2 Å². The van der Waals surface area contributed by atoms with Crippen LogP contribution in [0.5, 0.6) is 0 Å². The number of aromatic carboxylic acids is 1. The molecule has 0 radical (unpaired) electrons. The third-order valence-electron chi connectivity index (χ3n) is 2.80. The molecule has 2 rings (SSSR count). The minimum absolute atomic E-state index is 0.0358. The highest BCUT2D eigenvalue weighted by molar-refractivity contribution is 5.85. The van der Waals surface area contributed by atoms with Crippen molar-refractivity contribution < 1.29 is 23.1 Å². The van der Waals surface area contributed by atoms with Gasteiger partial charge in [0.25, 0.3) is 6.43 Å². The van der Waals surface area contributed by atoms with E-state index in [0.29, 0.717) is 12.8 Å². The molecule has 0 fully saturated rings. The lowest BCUT2D eigenvalue weighted by Gasteiger charge is -1.98. The van der Waals surface area contributed by atoms with Gasteiger partial charge in [0.1, 0.15) is 0 Å². The summed E-state index contributed by atoms with van der Waals surface area (Å²) in [5.41, 5.74) is 0.318. The predicted molar refractivity (Wildman–Crippen MR) is 66.9 cm³/mol. The topological polar surface area (TPSA) is 63.3 Å². The van der Waals surface area contributed by atoms with Gasteiger partial charge >= 0.3 is 5.97 Å². The molecule has 0 saturated carbocycles. The number of oxazole rings is 1. The molecule has 0 amide bonds. The quantitative estimate of drug-likeness (QED) is 0.880. The van der Waals surface area contributed by atoms with E-state index < -0.39 is 23.8 Å². The fourth-order valence-electron chi connectivity index (χ4n) is 1.87. The maximum atomic E-state index is 12.6. The number of benzene rings is 1. The summed E-state index contributed by atoms with van der Waals surface area (Å²) in [6, 6.07) is 9.66. The second kappa shape index (κ2) is 6.27. The first-order valence-electron chi connectivity index (χ1n) is 6.13. The molecule has 0 atom stereocenters. The van der Waals surface area contributed by atoms with Crippen LogP contribution in [0.4, 0.5) is 8.78 Å². The summed E-state index contributed by atoms with van der Waals surface area (Å²) < 4.78 is 30.1. The number of alkyl halides is 2. The van der Waals surface area contributed by atoms with E-state index in [-0.39, 0.29) is 5.89 Å². The highest BCUT2D eigenvalue weighted by atomic mass is 19.3. The van der Waals surface area contributed by atoms with Gasteiger partial charge in [-0.1, -0.05) is 30.3 Å². The molecule has 0 unspecified atom stereocenters. The Hall–Kier alpha value is -2.24. The third-order valence-corrected chi connectivity index (χ3v) is 2.80. The standard InChI is InChI=1S/C14H13F2NO3/c15-13(16)11-12(14(18)19)20-10(17-11)8-4-7-9-5-2-1-3-6-9/h1-3,5-6,13H,4,7-8H2,(H,18,19). The number of aromatic nitrogens is 1. The van der Waals surface area contributed by atoms with Crippen LogP contribution in [-0.2, 0) is 12.8 Å². The summed E-state index contributed by atoms with van der Waals surface area (Å²) in [4.78, 5) is 14.3. The number of carboxylic acids is 1. The monoisotopic (exact) mass is 281 g/mol. The van der Waals surface area contributed by atoms with Gasteiger partial charge in [-0.25, -0.2) is 18.6 Å². The molecule has 0 aliphatic carbocycles. The molecular weight excluding hydrogens is 268 g/mol. The molecule has 0 saturated heterocycles. The normalized spacial score (nSPS) is 10.9. The zero-order valence-electron chi connectivity index (χ0n) is 10.6. The van der Waals surface area contributed by atoms with E-state index in [1.165, 1.54) is 0 Å². The van der Waals surface area contributed by atoms with Crippen molar-refractivity contribution in [3.8, 4) is 0 Å². The van der Waals surface area contributed by atoms with Crippen molar-refractivity contribution in [1.29, 1.82) is 0 Å². The highest BCUT2D eigenvalue weighted by Crippen LogP contribution is 2.24. The average molecular weight is 281 g/mol. The first-order chi connectivity index (χ1) is 9.58. The van der Waals surface area contributed by atoms with E-state index in [0.717, 1.165) is 12.0 Å². The van der Waals surface area contributed by atoms with Crippen molar-refractivity contribution in [1.82, 2.24) is 4.98 Å². The molecule has 0 aliphatic rings. The van der Waals surface area contributed by atoms with Crippen LogP contribution < -0.4 is 0 Å². The molecule has 2 aromatic rings. The van der Waals surface area contributed by atoms with Crippen molar-refractivity contribution in [2.75, 3.05) is 0 Å². The minimum Gasteiger partial charge on any atom is -0.475 e. The van der Waals surface area contributed by atoms with Crippen LogP contribution in [0.2, 0.25) is 0 Å². The van der Waals surface area contributed by atoms with Gasteiger partial charge in [0.2, 0.25) is 5.76 Å². The molecule has 20 heavy (non-hydrogen) atoms. The summed E-state index contributed by atoms with van der Waals surface area (Å²) in [6.07, 6.45) is -1.24. The number of carboxylic acid groups (broad SMARTS) is 1. The molecule has 6 heteroatoms. The lowest BCUT2D eigenvalue weighted by molar-refractivity contribution is 0.0644. The van der Waals surface area contributed by atoms with E-state index in [1.54, 1.807) is 0 Å². The number of halogens is 2. The largest absolute Gasteiger partial charge is 0.475 e. The Morgan fingerprint density at radius 3 is 2.50 bits per heavy atom. The Labute approximate surface area is 114 Å². The lowest BCUT2D eigenvalue weighted by atomic mass is 10.1. The Bertz CT molecular complexity index is 581. The summed E-state index contributed by atoms with van der Waals surface area (Å²) in [6.45, 7) is 0. The third kappa shape index (κ3) is 3.40. The smallest absolute Gasteiger partial charge is 0.374 e. The van der Waals surface area contributed by atoms with Crippen molar-refractivity contribution in [2.45, 2.75) is 25.7 Å². The van der Waals surface area contributed by atoms with E-state index in [4.69, 9.17) is 9.52 Å². The van der Waals surface area contributed by atoms with Gasteiger partial charge in [0.15, 0.2) is 11.6 Å². The van der Waals surface area contributed by atoms with Crippen LogP contribution in [0.15, 0.2) is 34.7 Å².